The van der Waals surface area contributed by atoms with Crippen molar-refractivity contribution in [3.8, 4) is 28.4 Å². The summed E-state index contributed by atoms with van der Waals surface area (Å²) in [7, 11) is 3.30. The molecule has 6 heteroatoms. The van der Waals surface area contributed by atoms with Crippen molar-refractivity contribution in [1.29, 1.82) is 0 Å². The summed E-state index contributed by atoms with van der Waals surface area (Å²) < 4.78 is 12.8. The molecule has 0 saturated heterocycles. The summed E-state index contributed by atoms with van der Waals surface area (Å²) >= 11 is 6.23. The number of benzene rings is 2. The van der Waals surface area contributed by atoms with Crippen molar-refractivity contribution in [2.24, 2.45) is 0 Å². The normalized spacial score (nSPS) is 12.6. The van der Waals surface area contributed by atoms with Crippen molar-refractivity contribution < 1.29 is 9.47 Å². The van der Waals surface area contributed by atoms with E-state index in [0.29, 0.717) is 5.02 Å². The predicted octanol–water partition coefficient (Wildman–Crippen LogP) is 4.49. The van der Waals surface area contributed by atoms with E-state index in [1.807, 2.05) is 41.1 Å². The number of nitrogens with zero attached hydrogens (tertiary/aromatic N) is 2. The van der Waals surface area contributed by atoms with E-state index in [1.54, 1.807) is 14.2 Å². The molecule has 1 aliphatic heterocycles. The molecule has 1 aliphatic rings. The molecule has 1 N–H and O–H groups in total. The highest BCUT2D eigenvalue weighted by Crippen LogP contribution is 2.38. The lowest BCUT2D eigenvalue weighted by molar-refractivity contribution is 0.394. The number of aromatic nitrogens is 2. The van der Waals surface area contributed by atoms with Crippen molar-refractivity contribution in [3.05, 3.63) is 52.5 Å². The molecule has 0 radical (unpaired) electrons. The number of hydrogen-bond donors (Lipinski definition) is 1. The molecule has 0 saturated carbocycles. The van der Waals surface area contributed by atoms with Gasteiger partial charge in [-0.3, -0.25) is 0 Å². The van der Waals surface area contributed by atoms with Gasteiger partial charge in [0, 0.05) is 28.8 Å². The van der Waals surface area contributed by atoms with Crippen LogP contribution in [0.15, 0.2) is 36.4 Å². The first-order chi connectivity index (χ1) is 12.6. The third-order valence-electron chi connectivity index (χ3n) is 4.68. The summed E-state index contributed by atoms with van der Waals surface area (Å²) in [4.78, 5) is 0. The van der Waals surface area contributed by atoms with E-state index in [1.165, 1.54) is 5.56 Å². The number of halogens is 1. The topological polar surface area (TPSA) is 48.3 Å². The van der Waals surface area contributed by atoms with Gasteiger partial charge in [-0.1, -0.05) is 17.7 Å². The average Bonchev–Trinajstić information content (AvgIpc) is 3.26. The van der Waals surface area contributed by atoms with Crippen LogP contribution in [0.4, 0.5) is 5.82 Å². The first-order valence-corrected chi connectivity index (χ1v) is 8.84. The van der Waals surface area contributed by atoms with Crippen LogP contribution in [0.25, 0.3) is 16.9 Å². The Bertz CT molecular complexity index is 959. The van der Waals surface area contributed by atoms with Crippen molar-refractivity contribution in [2.75, 3.05) is 26.1 Å². The summed E-state index contributed by atoms with van der Waals surface area (Å²) in [6, 6.07) is 11.7. The van der Waals surface area contributed by atoms with Gasteiger partial charge in [-0.25, -0.2) is 4.68 Å². The van der Waals surface area contributed by atoms with E-state index in [-0.39, 0.29) is 0 Å². The van der Waals surface area contributed by atoms with Gasteiger partial charge in [-0.2, -0.15) is 5.10 Å². The van der Waals surface area contributed by atoms with E-state index in [2.05, 4.69) is 12.2 Å². The molecule has 2 aromatic carbocycles. The lowest BCUT2D eigenvalue weighted by atomic mass is 10.1. The van der Waals surface area contributed by atoms with Crippen LogP contribution in [-0.4, -0.2) is 30.5 Å². The van der Waals surface area contributed by atoms with Gasteiger partial charge in [0.15, 0.2) is 0 Å². The Morgan fingerprint density at radius 2 is 1.81 bits per heavy atom. The molecule has 0 bridgehead atoms. The SMILES string of the molecule is COc1cc(OC)cc(-c2nn(-c3cc(Cl)ccc3C)c3c2CCN3)c1. The van der Waals surface area contributed by atoms with Gasteiger partial charge >= 0.3 is 0 Å². The quantitative estimate of drug-likeness (QED) is 0.736. The smallest absolute Gasteiger partial charge is 0.133 e. The lowest BCUT2D eigenvalue weighted by Gasteiger charge is -2.10. The number of aryl methyl sites for hydroxylation is 1. The molecule has 0 fully saturated rings. The van der Waals surface area contributed by atoms with E-state index in [9.17, 15) is 0 Å². The highest BCUT2D eigenvalue weighted by atomic mass is 35.5. The monoisotopic (exact) mass is 369 g/mol. The maximum absolute atomic E-state index is 6.23. The minimum atomic E-state index is 0.692. The highest BCUT2D eigenvalue weighted by Gasteiger charge is 2.25. The molecule has 0 amide bonds. The van der Waals surface area contributed by atoms with Crippen molar-refractivity contribution in [3.63, 3.8) is 0 Å². The Morgan fingerprint density at radius 1 is 1.08 bits per heavy atom. The number of methoxy groups -OCH3 is 2. The third-order valence-corrected chi connectivity index (χ3v) is 4.91. The van der Waals surface area contributed by atoms with Crippen molar-refractivity contribution in [1.82, 2.24) is 9.78 Å². The zero-order valence-corrected chi connectivity index (χ0v) is 15.7. The molecule has 1 aromatic heterocycles. The minimum Gasteiger partial charge on any atom is -0.497 e. The summed E-state index contributed by atoms with van der Waals surface area (Å²) in [5, 5.41) is 9.06. The molecular formula is C20H20ClN3O2. The maximum Gasteiger partial charge on any atom is 0.133 e. The molecule has 134 valence electrons. The fourth-order valence-corrected chi connectivity index (χ4v) is 3.50. The summed E-state index contributed by atoms with van der Waals surface area (Å²) in [5.41, 5.74) is 5.19. The number of ether oxygens (including phenoxy) is 2. The molecule has 26 heavy (non-hydrogen) atoms. The summed E-state index contributed by atoms with van der Waals surface area (Å²) in [5.74, 6) is 2.51. The van der Waals surface area contributed by atoms with Crippen LogP contribution in [0.1, 0.15) is 11.1 Å². The van der Waals surface area contributed by atoms with Gasteiger partial charge in [0.25, 0.3) is 0 Å². The fraction of sp³-hybridized carbons (Fsp3) is 0.250. The molecule has 2 heterocycles. The first kappa shape index (κ1) is 16.8. The van der Waals surface area contributed by atoms with Crippen LogP contribution in [0.3, 0.4) is 0 Å². The van der Waals surface area contributed by atoms with Crippen molar-refractivity contribution in [2.45, 2.75) is 13.3 Å². The van der Waals surface area contributed by atoms with Gasteiger partial charge in [0.05, 0.1) is 25.6 Å². The average molecular weight is 370 g/mol. The Kier molecular flexibility index (Phi) is 4.24. The highest BCUT2D eigenvalue weighted by molar-refractivity contribution is 6.30. The first-order valence-electron chi connectivity index (χ1n) is 8.46. The Morgan fingerprint density at radius 3 is 2.50 bits per heavy atom. The number of nitrogens with one attached hydrogen (secondary N) is 1. The van der Waals surface area contributed by atoms with Gasteiger partial charge in [-0.15, -0.1) is 0 Å². The second-order valence-corrected chi connectivity index (χ2v) is 6.73. The molecule has 4 rings (SSSR count). The number of anilines is 1. The van der Waals surface area contributed by atoms with Gasteiger partial charge < -0.3 is 14.8 Å². The van der Waals surface area contributed by atoms with Crippen LogP contribution in [0.5, 0.6) is 11.5 Å². The molecular weight excluding hydrogens is 350 g/mol. The fourth-order valence-electron chi connectivity index (χ4n) is 3.34. The minimum absolute atomic E-state index is 0.692. The summed E-state index contributed by atoms with van der Waals surface area (Å²) in [6.45, 7) is 2.95. The largest absolute Gasteiger partial charge is 0.497 e. The zero-order valence-electron chi connectivity index (χ0n) is 15.0. The maximum atomic E-state index is 6.23. The lowest BCUT2D eigenvalue weighted by Crippen LogP contribution is -2.05. The van der Waals surface area contributed by atoms with Crippen LogP contribution >= 0.6 is 11.6 Å². The molecule has 5 nitrogen and oxygen atoms in total. The van der Waals surface area contributed by atoms with Crippen molar-refractivity contribution >= 4 is 17.4 Å². The van der Waals surface area contributed by atoms with E-state index >= 15 is 0 Å². The predicted molar refractivity (Wildman–Crippen MR) is 104 cm³/mol. The second-order valence-electron chi connectivity index (χ2n) is 6.30. The molecule has 0 spiro atoms. The van der Waals surface area contributed by atoms with Crippen LogP contribution in [0, 0.1) is 6.92 Å². The number of fused-ring (bicyclic) bond motifs is 1. The number of hydrogen-bond acceptors (Lipinski definition) is 4. The molecule has 3 aromatic rings. The van der Waals surface area contributed by atoms with Gasteiger partial charge in [-0.05, 0) is 43.2 Å². The Labute approximate surface area is 157 Å². The zero-order chi connectivity index (χ0) is 18.3. The molecule has 0 aliphatic carbocycles. The Hall–Kier alpha value is -2.66. The molecule has 0 atom stereocenters. The van der Waals surface area contributed by atoms with Gasteiger partial charge in [0.2, 0.25) is 0 Å². The van der Waals surface area contributed by atoms with E-state index in [0.717, 1.165) is 52.8 Å². The van der Waals surface area contributed by atoms with E-state index in [4.69, 9.17) is 26.2 Å². The third kappa shape index (κ3) is 2.78. The van der Waals surface area contributed by atoms with Crippen LogP contribution in [-0.2, 0) is 6.42 Å². The van der Waals surface area contributed by atoms with E-state index < -0.39 is 0 Å². The summed E-state index contributed by atoms with van der Waals surface area (Å²) in [6.07, 6.45) is 0.920. The Balaban J connectivity index is 1.91. The van der Waals surface area contributed by atoms with Crippen LogP contribution < -0.4 is 14.8 Å². The second kappa shape index (κ2) is 6.57. The van der Waals surface area contributed by atoms with Gasteiger partial charge in [0.1, 0.15) is 17.3 Å². The van der Waals surface area contributed by atoms with Crippen LogP contribution in [0.2, 0.25) is 5.02 Å². The number of rotatable bonds is 4. The molecule has 0 unspecified atom stereocenters. The standard InChI is InChI=1S/C20H20ClN3O2/c1-12-4-5-14(21)10-18(12)24-20-17(6-7-22-20)19(23-24)13-8-15(25-2)11-16(9-13)26-3/h4-5,8-11,22H,6-7H2,1-3H3.